The van der Waals surface area contributed by atoms with Gasteiger partial charge in [0.15, 0.2) is 0 Å². The maximum absolute atomic E-state index is 11.9. The van der Waals surface area contributed by atoms with Gasteiger partial charge in [-0.3, -0.25) is 0 Å². The van der Waals surface area contributed by atoms with Crippen LogP contribution in [0.1, 0.15) is 11.1 Å². The first-order valence-electron chi connectivity index (χ1n) is 4.02. The third-order valence-corrected chi connectivity index (χ3v) is 1.92. The Kier molecular flexibility index (Phi) is 3.63. The van der Waals surface area contributed by atoms with E-state index in [0.717, 1.165) is 0 Å². The highest BCUT2D eigenvalue weighted by Crippen LogP contribution is 2.26. The van der Waals surface area contributed by atoms with Crippen molar-refractivity contribution < 1.29 is 17.9 Å². The predicted molar refractivity (Wildman–Crippen MR) is 52.8 cm³/mol. The van der Waals surface area contributed by atoms with E-state index in [1.807, 2.05) is 0 Å². The SMILES string of the molecule is C=Cc1cc(CCl)cc(OC(F)(F)F)c1. The van der Waals surface area contributed by atoms with Gasteiger partial charge in [0.2, 0.25) is 0 Å². The van der Waals surface area contributed by atoms with Gasteiger partial charge in [-0.05, 0) is 23.3 Å². The van der Waals surface area contributed by atoms with E-state index in [4.69, 9.17) is 11.6 Å². The van der Waals surface area contributed by atoms with Crippen molar-refractivity contribution in [1.29, 1.82) is 0 Å². The molecule has 82 valence electrons. The lowest BCUT2D eigenvalue weighted by atomic mass is 10.1. The van der Waals surface area contributed by atoms with Gasteiger partial charge < -0.3 is 4.74 Å². The average Bonchev–Trinajstić information content (AvgIpc) is 2.14. The van der Waals surface area contributed by atoms with Gasteiger partial charge in [-0.15, -0.1) is 24.8 Å². The molecule has 0 aromatic heterocycles. The van der Waals surface area contributed by atoms with Gasteiger partial charge in [-0.1, -0.05) is 18.7 Å². The Labute approximate surface area is 90.1 Å². The highest BCUT2D eigenvalue weighted by molar-refractivity contribution is 6.17. The number of rotatable bonds is 3. The second kappa shape index (κ2) is 4.57. The molecule has 0 radical (unpaired) electrons. The molecule has 1 rings (SSSR count). The smallest absolute Gasteiger partial charge is 0.406 e. The lowest BCUT2D eigenvalue weighted by Gasteiger charge is -2.10. The quantitative estimate of drug-likeness (QED) is 0.722. The summed E-state index contributed by atoms with van der Waals surface area (Å²) in [6.07, 6.45) is -3.26. The van der Waals surface area contributed by atoms with Gasteiger partial charge in [0.25, 0.3) is 0 Å². The molecule has 0 aliphatic heterocycles. The fourth-order valence-corrected chi connectivity index (χ4v) is 1.23. The van der Waals surface area contributed by atoms with Crippen molar-refractivity contribution in [3.63, 3.8) is 0 Å². The minimum Gasteiger partial charge on any atom is -0.406 e. The Hall–Kier alpha value is -1.16. The Balaban J connectivity index is 3.02. The molecule has 1 aromatic carbocycles. The zero-order chi connectivity index (χ0) is 11.5. The fourth-order valence-electron chi connectivity index (χ4n) is 1.07. The molecule has 0 atom stereocenters. The first-order chi connectivity index (χ1) is 6.94. The van der Waals surface area contributed by atoms with E-state index in [-0.39, 0.29) is 11.6 Å². The minimum absolute atomic E-state index is 0.121. The summed E-state index contributed by atoms with van der Waals surface area (Å²) in [7, 11) is 0. The molecule has 0 bridgehead atoms. The first kappa shape index (κ1) is 11.9. The molecule has 0 fully saturated rings. The van der Waals surface area contributed by atoms with Gasteiger partial charge in [-0.25, -0.2) is 0 Å². The van der Waals surface area contributed by atoms with E-state index >= 15 is 0 Å². The molecule has 0 saturated heterocycles. The van der Waals surface area contributed by atoms with E-state index in [1.54, 1.807) is 6.07 Å². The molecule has 15 heavy (non-hydrogen) atoms. The Morgan fingerprint density at radius 3 is 2.47 bits per heavy atom. The van der Waals surface area contributed by atoms with Crippen molar-refractivity contribution in [3.05, 3.63) is 35.9 Å². The number of ether oxygens (including phenoxy) is 1. The largest absolute Gasteiger partial charge is 0.573 e. The summed E-state index contributed by atoms with van der Waals surface area (Å²) in [5.41, 5.74) is 1.08. The van der Waals surface area contributed by atoms with Crippen LogP contribution in [0.5, 0.6) is 5.75 Å². The standard InChI is InChI=1S/C10H8ClF3O/c1-2-7-3-8(6-11)5-9(4-7)15-10(12,13)14/h2-5H,1,6H2. The van der Waals surface area contributed by atoms with Crippen LogP contribution in [0.15, 0.2) is 24.8 Å². The van der Waals surface area contributed by atoms with Crippen molar-refractivity contribution >= 4 is 17.7 Å². The number of halogens is 4. The van der Waals surface area contributed by atoms with Crippen LogP contribution in [-0.4, -0.2) is 6.36 Å². The summed E-state index contributed by atoms with van der Waals surface area (Å²) in [4.78, 5) is 0. The molecule has 0 unspecified atom stereocenters. The van der Waals surface area contributed by atoms with E-state index in [1.165, 1.54) is 18.2 Å². The van der Waals surface area contributed by atoms with Crippen LogP contribution >= 0.6 is 11.6 Å². The van der Waals surface area contributed by atoms with Gasteiger partial charge >= 0.3 is 6.36 Å². The summed E-state index contributed by atoms with van der Waals surface area (Å²) in [5.74, 6) is -0.161. The fraction of sp³-hybridized carbons (Fsp3) is 0.200. The summed E-state index contributed by atoms with van der Waals surface area (Å²) in [6.45, 7) is 3.46. The molecule has 1 aromatic rings. The average molecular weight is 237 g/mol. The molecule has 0 saturated carbocycles. The predicted octanol–water partition coefficient (Wildman–Crippen LogP) is 3.97. The summed E-state index contributed by atoms with van der Waals surface area (Å²) in [6, 6.07) is 4.13. The van der Waals surface area contributed by atoms with E-state index in [2.05, 4.69) is 11.3 Å². The molecule has 5 heteroatoms. The molecule has 0 aliphatic carbocycles. The number of hydrogen-bond donors (Lipinski definition) is 0. The maximum atomic E-state index is 11.9. The zero-order valence-electron chi connectivity index (χ0n) is 7.64. The number of hydrogen-bond acceptors (Lipinski definition) is 1. The molecule has 0 N–H and O–H groups in total. The summed E-state index contributed by atoms with van der Waals surface area (Å²) in [5, 5.41) is 0. The van der Waals surface area contributed by atoms with Crippen LogP contribution < -0.4 is 4.74 Å². The third-order valence-electron chi connectivity index (χ3n) is 1.61. The normalized spacial score (nSPS) is 11.2. The molecule has 1 nitrogen and oxygen atoms in total. The van der Waals surface area contributed by atoms with Crippen LogP contribution in [0, 0.1) is 0 Å². The van der Waals surface area contributed by atoms with Gasteiger partial charge in [0.05, 0.1) is 0 Å². The minimum atomic E-state index is -4.69. The second-order valence-corrected chi connectivity index (χ2v) is 3.06. The van der Waals surface area contributed by atoms with Gasteiger partial charge in [0, 0.05) is 5.88 Å². The molecule has 0 amide bonds. The highest BCUT2D eigenvalue weighted by Gasteiger charge is 2.31. The highest BCUT2D eigenvalue weighted by atomic mass is 35.5. The van der Waals surface area contributed by atoms with E-state index in [0.29, 0.717) is 11.1 Å². The molecule has 0 spiro atoms. The molecular formula is C10H8ClF3O. The second-order valence-electron chi connectivity index (χ2n) is 2.80. The lowest BCUT2D eigenvalue weighted by molar-refractivity contribution is -0.274. The topological polar surface area (TPSA) is 9.23 Å². The number of benzene rings is 1. The molecule has 0 heterocycles. The van der Waals surface area contributed by atoms with Crippen LogP contribution in [-0.2, 0) is 5.88 Å². The molecular weight excluding hydrogens is 229 g/mol. The van der Waals surface area contributed by atoms with Crippen LogP contribution in [0.4, 0.5) is 13.2 Å². The van der Waals surface area contributed by atoms with Crippen molar-refractivity contribution in [3.8, 4) is 5.75 Å². The lowest BCUT2D eigenvalue weighted by Crippen LogP contribution is -2.17. The zero-order valence-corrected chi connectivity index (χ0v) is 8.40. The summed E-state index contributed by atoms with van der Waals surface area (Å²) < 4.78 is 39.6. The van der Waals surface area contributed by atoms with Crippen molar-refractivity contribution in [1.82, 2.24) is 0 Å². The van der Waals surface area contributed by atoms with Crippen molar-refractivity contribution in [2.75, 3.05) is 0 Å². The van der Waals surface area contributed by atoms with Crippen LogP contribution in [0.25, 0.3) is 6.08 Å². The monoisotopic (exact) mass is 236 g/mol. The summed E-state index contributed by atoms with van der Waals surface area (Å²) >= 11 is 5.53. The number of alkyl halides is 4. The van der Waals surface area contributed by atoms with Gasteiger partial charge in [-0.2, -0.15) is 0 Å². The van der Waals surface area contributed by atoms with Crippen LogP contribution in [0.2, 0.25) is 0 Å². The maximum Gasteiger partial charge on any atom is 0.573 e. The van der Waals surface area contributed by atoms with E-state index < -0.39 is 6.36 Å². The van der Waals surface area contributed by atoms with Crippen molar-refractivity contribution in [2.45, 2.75) is 12.2 Å². The Bertz CT molecular complexity index is 360. The van der Waals surface area contributed by atoms with Crippen LogP contribution in [0.3, 0.4) is 0 Å². The van der Waals surface area contributed by atoms with Gasteiger partial charge in [0.1, 0.15) is 5.75 Å². The Morgan fingerprint density at radius 1 is 1.33 bits per heavy atom. The first-order valence-corrected chi connectivity index (χ1v) is 4.56. The Morgan fingerprint density at radius 2 is 2.00 bits per heavy atom. The van der Waals surface area contributed by atoms with Crippen molar-refractivity contribution in [2.24, 2.45) is 0 Å². The van der Waals surface area contributed by atoms with E-state index in [9.17, 15) is 13.2 Å². The third kappa shape index (κ3) is 3.83. The molecule has 0 aliphatic rings.